The maximum Gasteiger partial charge on any atom is 0.269 e. The largest absolute Gasteiger partial charge is 0.522 e. The van der Waals surface area contributed by atoms with Crippen molar-refractivity contribution in [3.05, 3.63) is 145 Å². The minimum atomic E-state index is -0.0148. The Morgan fingerprint density at radius 3 is 2.26 bits per heavy atom. The Morgan fingerprint density at radius 1 is 0.722 bits per heavy atom. The normalized spacial score (nSPS) is 14.9. The molecular weight excluding hydrogens is 846 g/mol. The maximum absolute atomic E-state index is 6.52. The molecule has 9 rings (SSSR count). The second-order valence-electron chi connectivity index (χ2n) is 16.7. The van der Waals surface area contributed by atoms with Gasteiger partial charge in [-0.2, -0.15) is 18.2 Å². The van der Waals surface area contributed by atoms with Gasteiger partial charge in [0, 0.05) is 38.5 Å². The van der Waals surface area contributed by atoms with Gasteiger partial charge in [0.2, 0.25) is 0 Å². The van der Waals surface area contributed by atoms with Crippen LogP contribution in [0.1, 0.15) is 78.0 Å². The molecule has 8 aromatic rings. The first-order valence-corrected chi connectivity index (χ1v) is 18.5. The third kappa shape index (κ3) is 5.96. The number of para-hydroxylation sites is 3. The molecule has 1 aliphatic rings. The number of aromatic nitrogens is 5. The molecule has 7 heteroatoms. The van der Waals surface area contributed by atoms with Crippen LogP contribution in [0, 0.1) is 18.5 Å². The van der Waals surface area contributed by atoms with Crippen molar-refractivity contribution in [2.75, 3.05) is 0 Å². The zero-order valence-electron chi connectivity index (χ0n) is 31.8. The van der Waals surface area contributed by atoms with E-state index in [-0.39, 0.29) is 37.3 Å². The Hall–Kier alpha value is -5.06. The summed E-state index contributed by atoms with van der Waals surface area (Å²) in [4.78, 5) is 9.59. The van der Waals surface area contributed by atoms with E-state index in [9.17, 15) is 0 Å². The molecule has 54 heavy (non-hydrogen) atoms. The standard InChI is InChI=1S/C47H43N5O.Pt/c1-45(2,3)31-21-25-49-43(27-31)52-37-15-9-8-13-34(37)35-20-19-32(28-41(35)52)53-33-22-26-48-42(29-33)51-30-50(38-16-10-11-17-39(38)51)40-18-12-14-36-44(40)47(6,7)24-23-46(36,4)5;/h8-22,25-27H,23-24H2,1-7H3;/q-2;. The second-order valence-corrected chi connectivity index (χ2v) is 16.7. The molecule has 4 aromatic carbocycles. The molecule has 6 nitrogen and oxygen atoms in total. The van der Waals surface area contributed by atoms with Gasteiger partial charge < -0.3 is 9.30 Å². The molecule has 0 fully saturated rings. The van der Waals surface area contributed by atoms with Crippen molar-refractivity contribution < 1.29 is 30.4 Å². The third-order valence-electron chi connectivity index (χ3n) is 11.1. The fraction of sp³-hybridized carbons (Fsp3) is 0.255. The Morgan fingerprint density at radius 2 is 1.44 bits per heavy atom. The summed E-state index contributed by atoms with van der Waals surface area (Å²) in [6.07, 6.45) is 9.62. The monoisotopic (exact) mass is 888 g/mol. The van der Waals surface area contributed by atoms with E-state index in [1.54, 1.807) is 6.20 Å². The number of rotatable bonds is 5. The van der Waals surface area contributed by atoms with Crippen molar-refractivity contribution in [2.45, 2.75) is 77.6 Å². The zero-order valence-corrected chi connectivity index (χ0v) is 34.0. The van der Waals surface area contributed by atoms with E-state index in [0.717, 1.165) is 57.2 Å². The average Bonchev–Trinajstić information content (AvgIpc) is 3.69. The van der Waals surface area contributed by atoms with E-state index in [0.29, 0.717) is 17.3 Å². The van der Waals surface area contributed by atoms with E-state index < -0.39 is 0 Å². The van der Waals surface area contributed by atoms with Gasteiger partial charge in [-0.25, -0.2) is 4.98 Å². The number of pyridine rings is 2. The molecule has 4 aromatic heterocycles. The van der Waals surface area contributed by atoms with Crippen molar-refractivity contribution >= 4 is 32.8 Å². The minimum absolute atomic E-state index is 0. The summed E-state index contributed by atoms with van der Waals surface area (Å²) in [6.45, 7) is 16.1. The summed E-state index contributed by atoms with van der Waals surface area (Å²) in [5, 5.41) is 2.23. The van der Waals surface area contributed by atoms with Gasteiger partial charge in [0.25, 0.3) is 6.33 Å². The summed E-state index contributed by atoms with van der Waals surface area (Å²) in [5.41, 5.74) is 9.30. The average molecular weight is 889 g/mol. The fourth-order valence-corrected chi connectivity index (χ4v) is 8.11. The minimum Gasteiger partial charge on any atom is -0.522 e. The van der Waals surface area contributed by atoms with Crippen molar-refractivity contribution in [3.8, 4) is 28.8 Å². The Kier molecular flexibility index (Phi) is 8.69. The van der Waals surface area contributed by atoms with Crippen LogP contribution in [0.5, 0.6) is 11.5 Å². The SMILES string of the molecule is CC(C)(C)c1ccnc(-n2c3[c-]c(Oc4[c-]c(-n5[c-][n+](-c6cccc7c6C(C)(C)CCC7(C)C)c6ccccc65)ncc4)ccc3c3ccccc32)c1.[Pt]. The summed E-state index contributed by atoms with van der Waals surface area (Å²) in [7, 11) is 0. The van der Waals surface area contributed by atoms with Gasteiger partial charge in [0.15, 0.2) is 0 Å². The van der Waals surface area contributed by atoms with E-state index in [1.807, 2.05) is 22.9 Å². The Labute approximate surface area is 331 Å². The zero-order chi connectivity index (χ0) is 36.7. The summed E-state index contributed by atoms with van der Waals surface area (Å²) in [5.74, 6) is 2.57. The van der Waals surface area contributed by atoms with E-state index in [1.165, 1.54) is 16.7 Å². The number of ether oxygens (including phenoxy) is 1. The van der Waals surface area contributed by atoms with Gasteiger partial charge in [0.1, 0.15) is 5.82 Å². The third-order valence-corrected chi connectivity index (χ3v) is 11.1. The summed E-state index contributed by atoms with van der Waals surface area (Å²) in [6, 6.07) is 40.8. The molecule has 0 atom stereocenters. The van der Waals surface area contributed by atoms with Crippen LogP contribution in [-0.2, 0) is 37.3 Å². The van der Waals surface area contributed by atoms with Crippen molar-refractivity contribution in [2.24, 2.45) is 0 Å². The molecule has 0 radical (unpaired) electrons. The first kappa shape index (κ1) is 35.9. The van der Waals surface area contributed by atoms with Crippen LogP contribution in [0.3, 0.4) is 0 Å². The topological polar surface area (TPSA) is 48.8 Å². The molecule has 4 heterocycles. The van der Waals surface area contributed by atoms with Crippen LogP contribution in [0.15, 0.2) is 109 Å². The number of imidazole rings is 1. The summed E-state index contributed by atoms with van der Waals surface area (Å²) >= 11 is 0. The molecule has 0 saturated heterocycles. The van der Waals surface area contributed by atoms with E-state index >= 15 is 0 Å². The van der Waals surface area contributed by atoms with Crippen molar-refractivity contribution in [1.82, 2.24) is 19.1 Å². The molecule has 0 bridgehead atoms. The van der Waals surface area contributed by atoms with Crippen LogP contribution in [-0.4, -0.2) is 19.1 Å². The van der Waals surface area contributed by atoms with Gasteiger partial charge in [0.05, 0.1) is 22.5 Å². The number of benzene rings is 4. The van der Waals surface area contributed by atoms with E-state index in [4.69, 9.17) is 14.7 Å². The van der Waals surface area contributed by atoms with Gasteiger partial charge in [-0.3, -0.25) is 14.1 Å². The molecule has 0 amide bonds. The van der Waals surface area contributed by atoms with Crippen molar-refractivity contribution in [1.29, 1.82) is 0 Å². The maximum atomic E-state index is 6.52. The molecule has 0 saturated carbocycles. The number of hydrogen-bond donors (Lipinski definition) is 0. The van der Waals surface area contributed by atoms with Crippen molar-refractivity contribution in [3.63, 3.8) is 0 Å². The molecule has 0 unspecified atom stereocenters. The first-order chi connectivity index (χ1) is 25.4. The first-order valence-electron chi connectivity index (χ1n) is 18.5. The van der Waals surface area contributed by atoms with Crippen LogP contribution in [0.4, 0.5) is 0 Å². The predicted octanol–water partition coefficient (Wildman–Crippen LogP) is 10.6. The predicted molar refractivity (Wildman–Crippen MR) is 212 cm³/mol. The van der Waals surface area contributed by atoms with Gasteiger partial charge in [-0.1, -0.05) is 115 Å². The van der Waals surface area contributed by atoms with Crippen LogP contribution in [0.25, 0.3) is 50.2 Å². The number of nitrogens with zero attached hydrogens (tertiary/aromatic N) is 5. The molecular formula is C47H43N5OPt-2. The number of fused-ring (bicyclic) bond motifs is 5. The molecule has 0 aliphatic heterocycles. The van der Waals surface area contributed by atoms with Crippen LogP contribution in [0.2, 0.25) is 0 Å². The van der Waals surface area contributed by atoms with E-state index in [2.05, 4.69) is 161 Å². The Bertz CT molecular complexity index is 2710. The molecule has 0 N–H and O–H groups in total. The van der Waals surface area contributed by atoms with Gasteiger partial charge in [-0.15, -0.1) is 17.5 Å². The van der Waals surface area contributed by atoms with Gasteiger partial charge >= 0.3 is 0 Å². The van der Waals surface area contributed by atoms with Crippen LogP contribution >= 0.6 is 0 Å². The van der Waals surface area contributed by atoms with Gasteiger partial charge in [-0.05, 0) is 81.2 Å². The fourth-order valence-electron chi connectivity index (χ4n) is 8.11. The number of hydrogen-bond acceptors (Lipinski definition) is 3. The Balaban J connectivity index is 0.00000413. The van der Waals surface area contributed by atoms with Crippen LogP contribution < -0.4 is 9.30 Å². The molecule has 274 valence electrons. The second kappa shape index (κ2) is 13.1. The quantitative estimate of drug-likeness (QED) is 0.128. The molecule has 0 spiro atoms. The smallest absolute Gasteiger partial charge is 0.269 e. The summed E-state index contributed by atoms with van der Waals surface area (Å²) < 4.78 is 12.9. The molecule has 1 aliphatic carbocycles.